The summed E-state index contributed by atoms with van der Waals surface area (Å²) in [5.41, 5.74) is 4.16. The zero-order valence-electron chi connectivity index (χ0n) is 12.5. The first-order valence-electron chi connectivity index (χ1n) is 7.10. The molecule has 24 heavy (non-hydrogen) atoms. The van der Waals surface area contributed by atoms with Crippen molar-refractivity contribution in [1.82, 2.24) is 5.43 Å². The van der Waals surface area contributed by atoms with E-state index in [4.69, 9.17) is 4.42 Å². The van der Waals surface area contributed by atoms with Crippen LogP contribution in [0.3, 0.4) is 0 Å². The average Bonchev–Trinajstić information content (AvgIpc) is 3.11. The van der Waals surface area contributed by atoms with Gasteiger partial charge in [0.2, 0.25) is 5.76 Å². The summed E-state index contributed by atoms with van der Waals surface area (Å²) in [6.45, 7) is 0. The van der Waals surface area contributed by atoms with Crippen molar-refractivity contribution in [2.24, 2.45) is 0 Å². The minimum Gasteiger partial charge on any atom is -0.395 e. The Bertz CT molecular complexity index is 807. The third-order valence-electron chi connectivity index (χ3n) is 3.24. The molecule has 0 atom stereocenters. The van der Waals surface area contributed by atoms with Crippen LogP contribution in [0.15, 0.2) is 77.2 Å². The molecule has 7 heteroatoms. The van der Waals surface area contributed by atoms with E-state index in [1.54, 1.807) is 5.01 Å². The van der Waals surface area contributed by atoms with E-state index in [1.807, 2.05) is 60.7 Å². The summed E-state index contributed by atoms with van der Waals surface area (Å²) in [6, 6.07) is 20.8. The molecule has 1 amide bonds. The normalized spacial score (nSPS) is 10.2. The largest absolute Gasteiger partial charge is 0.433 e. The fourth-order valence-corrected chi connectivity index (χ4v) is 2.14. The Balaban J connectivity index is 1.89. The Morgan fingerprint density at radius 2 is 1.46 bits per heavy atom. The zero-order valence-corrected chi connectivity index (χ0v) is 12.5. The first kappa shape index (κ1) is 15.3. The second kappa shape index (κ2) is 6.66. The molecular weight excluding hydrogens is 310 g/mol. The van der Waals surface area contributed by atoms with Gasteiger partial charge >= 0.3 is 11.8 Å². The molecule has 3 rings (SSSR count). The first-order valence-corrected chi connectivity index (χ1v) is 7.10. The standard InChI is InChI=1S/C17H13N3O4/c21-17(15-11-12-16(24-15)20(22)23)18-19(13-7-3-1-4-8-13)14-9-5-2-6-10-14/h1-12H,(H,18,21). The number of nitrogens with one attached hydrogen (secondary N) is 1. The first-order chi connectivity index (χ1) is 11.6. The van der Waals surface area contributed by atoms with Crippen LogP contribution in [0.1, 0.15) is 10.6 Å². The van der Waals surface area contributed by atoms with Gasteiger partial charge in [-0.25, -0.2) is 0 Å². The molecule has 3 aromatic rings. The molecule has 1 N–H and O–H groups in total. The van der Waals surface area contributed by atoms with Crippen molar-refractivity contribution >= 4 is 23.2 Å². The van der Waals surface area contributed by atoms with E-state index in [0.29, 0.717) is 0 Å². The molecule has 0 saturated carbocycles. The predicted octanol–water partition coefficient (Wildman–Crippen LogP) is 3.67. The number of carbonyl (C=O) groups is 1. The van der Waals surface area contributed by atoms with Crippen molar-refractivity contribution in [1.29, 1.82) is 0 Å². The maximum absolute atomic E-state index is 12.4. The summed E-state index contributed by atoms with van der Waals surface area (Å²) in [5.74, 6) is -1.21. The maximum atomic E-state index is 12.4. The Kier molecular flexibility index (Phi) is 4.24. The number of benzene rings is 2. The number of amides is 1. The van der Waals surface area contributed by atoms with Crippen LogP contribution in [0.5, 0.6) is 0 Å². The Morgan fingerprint density at radius 3 is 1.92 bits per heavy atom. The van der Waals surface area contributed by atoms with Crippen LogP contribution in [-0.4, -0.2) is 10.8 Å². The molecular formula is C17H13N3O4. The molecule has 120 valence electrons. The summed E-state index contributed by atoms with van der Waals surface area (Å²) in [6.07, 6.45) is 0. The van der Waals surface area contributed by atoms with Crippen LogP contribution in [-0.2, 0) is 0 Å². The molecule has 0 bridgehead atoms. The maximum Gasteiger partial charge on any atom is 0.433 e. The van der Waals surface area contributed by atoms with Crippen LogP contribution in [0.25, 0.3) is 0 Å². The second-order valence-corrected chi connectivity index (χ2v) is 4.84. The van der Waals surface area contributed by atoms with Crippen LogP contribution in [0.4, 0.5) is 17.3 Å². The average molecular weight is 323 g/mol. The lowest BCUT2D eigenvalue weighted by Gasteiger charge is -2.24. The smallest absolute Gasteiger partial charge is 0.395 e. The monoisotopic (exact) mass is 323 g/mol. The summed E-state index contributed by atoms with van der Waals surface area (Å²) < 4.78 is 4.94. The quantitative estimate of drug-likeness (QED) is 0.571. The minimum atomic E-state index is -0.692. The Labute approximate surface area is 137 Å². The van der Waals surface area contributed by atoms with Crippen LogP contribution in [0.2, 0.25) is 0 Å². The van der Waals surface area contributed by atoms with Crippen molar-refractivity contribution in [3.63, 3.8) is 0 Å². The van der Waals surface area contributed by atoms with Gasteiger partial charge in [0, 0.05) is 0 Å². The molecule has 7 nitrogen and oxygen atoms in total. The van der Waals surface area contributed by atoms with Gasteiger partial charge in [0.15, 0.2) is 0 Å². The van der Waals surface area contributed by atoms with E-state index in [2.05, 4.69) is 5.43 Å². The van der Waals surface area contributed by atoms with Crippen molar-refractivity contribution < 1.29 is 14.1 Å². The van der Waals surface area contributed by atoms with Gasteiger partial charge in [-0.05, 0) is 30.3 Å². The van der Waals surface area contributed by atoms with Crippen LogP contribution in [0, 0.1) is 10.1 Å². The highest BCUT2D eigenvalue weighted by Crippen LogP contribution is 2.23. The van der Waals surface area contributed by atoms with Gasteiger partial charge in [0.05, 0.1) is 17.4 Å². The molecule has 0 radical (unpaired) electrons. The molecule has 1 heterocycles. The number of hydrogen-bond acceptors (Lipinski definition) is 5. The summed E-state index contributed by atoms with van der Waals surface area (Å²) in [5, 5.41) is 12.3. The fourth-order valence-electron chi connectivity index (χ4n) is 2.14. The Hall–Kier alpha value is -3.61. The summed E-state index contributed by atoms with van der Waals surface area (Å²) >= 11 is 0. The van der Waals surface area contributed by atoms with Crippen molar-refractivity contribution in [2.45, 2.75) is 0 Å². The lowest BCUT2D eigenvalue weighted by atomic mass is 10.2. The van der Waals surface area contributed by atoms with Gasteiger partial charge in [-0.15, -0.1) is 0 Å². The number of furan rings is 1. The van der Waals surface area contributed by atoms with Gasteiger partial charge in [-0.3, -0.25) is 25.3 Å². The molecule has 0 aliphatic rings. The molecule has 0 unspecified atom stereocenters. The lowest BCUT2D eigenvalue weighted by molar-refractivity contribution is -0.402. The van der Waals surface area contributed by atoms with Crippen molar-refractivity contribution in [3.05, 3.63) is 88.7 Å². The second-order valence-electron chi connectivity index (χ2n) is 4.84. The van der Waals surface area contributed by atoms with E-state index in [-0.39, 0.29) is 5.76 Å². The van der Waals surface area contributed by atoms with Gasteiger partial charge in [-0.2, -0.15) is 0 Å². The van der Waals surface area contributed by atoms with E-state index in [0.717, 1.165) is 17.4 Å². The van der Waals surface area contributed by atoms with E-state index in [1.165, 1.54) is 6.07 Å². The molecule has 0 spiro atoms. The van der Waals surface area contributed by atoms with Crippen LogP contribution >= 0.6 is 0 Å². The molecule has 0 saturated heterocycles. The van der Waals surface area contributed by atoms with Gasteiger partial charge in [-0.1, -0.05) is 36.4 Å². The highest BCUT2D eigenvalue weighted by Gasteiger charge is 2.20. The number of carbonyl (C=O) groups excluding carboxylic acids is 1. The number of hydrogen-bond donors (Lipinski definition) is 1. The van der Waals surface area contributed by atoms with Gasteiger partial charge < -0.3 is 4.42 Å². The molecule has 1 aromatic heterocycles. The molecule has 0 fully saturated rings. The fraction of sp³-hybridized carbons (Fsp3) is 0. The lowest BCUT2D eigenvalue weighted by Crippen LogP contribution is -2.38. The molecule has 2 aromatic carbocycles. The number of hydrazine groups is 1. The predicted molar refractivity (Wildman–Crippen MR) is 87.9 cm³/mol. The van der Waals surface area contributed by atoms with Crippen molar-refractivity contribution in [2.75, 3.05) is 5.01 Å². The van der Waals surface area contributed by atoms with Crippen molar-refractivity contribution in [3.8, 4) is 0 Å². The molecule has 0 aliphatic heterocycles. The van der Waals surface area contributed by atoms with E-state index >= 15 is 0 Å². The number of nitrogens with zero attached hydrogens (tertiary/aromatic N) is 2. The third-order valence-corrected chi connectivity index (χ3v) is 3.24. The highest BCUT2D eigenvalue weighted by molar-refractivity contribution is 5.93. The number of anilines is 2. The Morgan fingerprint density at radius 1 is 0.917 bits per heavy atom. The SMILES string of the molecule is O=C(NN(c1ccccc1)c1ccccc1)c1ccc([N+](=O)[O-])o1. The summed E-state index contributed by atoms with van der Waals surface area (Å²) in [7, 11) is 0. The molecule has 0 aliphatic carbocycles. The van der Waals surface area contributed by atoms with Crippen LogP contribution < -0.4 is 10.4 Å². The minimum absolute atomic E-state index is 0.140. The number of para-hydroxylation sites is 2. The third kappa shape index (κ3) is 3.25. The van der Waals surface area contributed by atoms with Gasteiger partial charge in [0.1, 0.15) is 4.92 Å². The zero-order chi connectivity index (χ0) is 16.9. The summed E-state index contributed by atoms with van der Waals surface area (Å²) in [4.78, 5) is 22.3. The highest BCUT2D eigenvalue weighted by atomic mass is 16.6. The van der Waals surface area contributed by atoms with E-state index in [9.17, 15) is 14.9 Å². The number of nitro groups is 1. The van der Waals surface area contributed by atoms with E-state index < -0.39 is 16.7 Å². The topological polar surface area (TPSA) is 88.6 Å². The van der Waals surface area contributed by atoms with Gasteiger partial charge in [0.25, 0.3) is 0 Å². The number of rotatable bonds is 5.